The highest BCUT2D eigenvalue weighted by Gasteiger charge is 2.24. The lowest BCUT2D eigenvalue weighted by molar-refractivity contribution is -0.121. The summed E-state index contributed by atoms with van der Waals surface area (Å²) in [7, 11) is 0. The Balaban J connectivity index is 1.92. The van der Waals surface area contributed by atoms with Crippen LogP contribution in [0, 0.1) is 0 Å². The Bertz CT molecular complexity index is 481. The molecule has 1 aromatic rings. The van der Waals surface area contributed by atoms with Crippen molar-refractivity contribution in [1.29, 1.82) is 0 Å². The molecule has 0 aliphatic carbocycles. The molecular weight excluding hydrogens is 329 g/mol. The summed E-state index contributed by atoms with van der Waals surface area (Å²) in [6.45, 7) is 2.89. The van der Waals surface area contributed by atoms with Gasteiger partial charge < -0.3 is 11.1 Å². The van der Waals surface area contributed by atoms with Gasteiger partial charge in [0.15, 0.2) is 0 Å². The number of halogens is 2. The van der Waals surface area contributed by atoms with E-state index in [0.29, 0.717) is 34.9 Å². The van der Waals surface area contributed by atoms with Crippen LogP contribution in [-0.2, 0) is 11.3 Å². The first-order chi connectivity index (χ1) is 10.1. The molecule has 1 fully saturated rings. The second-order valence-electron chi connectivity index (χ2n) is 5.31. The van der Waals surface area contributed by atoms with Crippen molar-refractivity contribution < 1.29 is 4.79 Å². The number of hydrogen-bond acceptors (Lipinski definition) is 4. The van der Waals surface area contributed by atoms with E-state index in [1.54, 1.807) is 0 Å². The van der Waals surface area contributed by atoms with Gasteiger partial charge in [-0.05, 0) is 30.3 Å². The average molecular weight is 350 g/mol. The van der Waals surface area contributed by atoms with Crippen LogP contribution in [0.25, 0.3) is 0 Å². The molecule has 4 nitrogen and oxygen atoms in total. The van der Waals surface area contributed by atoms with Crippen LogP contribution in [0.1, 0.15) is 31.2 Å². The minimum absolute atomic E-state index is 0.0274. The lowest BCUT2D eigenvalue weighted by Gasteiger charge is -2.35. The first-order valence-electron chi connectivity index (χ1n) is 7.24. The van der Waals surface area contributed by atoms with Crippen LogP contribution in [0.2, 0.25) is 9.36 Å². The smallest absolute Gasteiger partial charge is 0.221 e. The number of hydrogen-bond donors (Lipinski definition) is 2. The molecule has 2 rings (SSSR count). The highest BCUT2D eigenvalue weighted by molar-refractivity contribution is 7.15. The summed E-state index contributed by atoms with van der Waals surface area (Å²) < 4.78 is 0.650. The fraction of sp³-hybridized carbons (Fsp3) is 0.643. The topological polar surface area (TPSA) is 58.4 Å². The number of piperidine rings is 1. The first-order valence-corrected chi connectivity index (χ1v) is 8.87. The van der Waals surface area contributed by atoms with E-state index in [0.717, 1.165) is 25.1 Å². The molecule has 0 aromatic carbocycles. The number of amides is 1. The van der Waals surface area contributed by atoms with E-state index in [9.17, 15) is 4.79 Å². The van der Waals surface area contributed by atoms with Gasteiger partial charge in [-0.2, -0.15) is 0 Å². The molecule has 118 valence electrons. The van der Waals surface area contributed by atoms with Crippen molar-refractivity contribution in [3.8, 4) is 0 Å². The summed E-state index contributed by atoms with van der Waals surface area (Å²) in [5, 5.41) is 5.65. The molecule has 1 unspecified atom stereocenters. The number of nitrogens with zero attached hydrogens (tertiary/aromatic N) is 1. The molecule has 1 aliphatic heterocycles. The number of carbonyl (C=O) groups excluding carboxylic acids is 1. The van der Waals surface area contributed by atoms with Crippen molar-refractivity contribution in [3.05, 3.63) is 20.3 Å². The summed E-state index contributed by atoms with van der Waals surface area (Å²) >= 11 is 13.7. The fourth-order valence-electron chi connectivity index (χ4n) is 2.63. The molecule has 0 bridgehead atoms. The molecule has 7 heteroatoms. The Morgan fingerprint density at radius 2 is 2.29 bits per heavy atom. The zero-order chi connectivity index (χ0) is 15.2. The third kappa shape index (κ3) is 4.83. The van der Waals surface area contributed by atoms with Crippen LogP contribution < -0.4 is 11.1 Å². The van der Waals surface area contributed by atoms with E-state index < -0.39 is 0 Å². The molecule has 2 heterocycles. The van der Waals surface area contributed by atoms with Gasteiger partial charge >= 0.3 is 0 Å². The van der Waals surface area contributed by atoms with Gasteiger partial charge in [0.2, 0.25) is 5.91 Å². The third-order valence-electron chi connectivity index (χ3n) is 3.79. The van der Waals surface area contributed by atoms with Crippen molar-refractivity contribution in [2.45, 2.75) is 38.3 Å². The predicted octanol–water partition coefficient (Wildman–Crippen LogP) is 2.87. The largest absolute Gasteiger partial charge is 0.354 e. The van der Waals surface area contributed by atoms with Crippen molar-refractivity contribution >= 4 is 40.4 Å². The number of nitrogens with one attached hydrogen (secondary N) is 1. The van der Waals surface area contributed by atoms with Gasteiger partial charge in [-0.25, -0.2) is 0 Å². The number of carbonyl (C=O) groups is 1. The Kier molecular flexibility index (Phi) is 6.76. The predicted molar refractivity (Wildman–Crippen MR) is 89.1 cm³/mol. The molecule has 1 saturated heterocycles. The van der Waals surface area contributed by atoms with Gasteiger partial charge in [-0.15, -0.1) is 11.3 Å². The van der Waals surface area contributed by atoms with Gasteiger partial charge in [0.25, 0.3) is 0 Å². The Morgan fingerprint density at radius 3 is 2.95 bits per heavy atom. The number of likely N-dealkylation sites (tertiary alicyclic amines) is 1. The van der Waals surface area contributed by atoms with Crippen LogP contribution in [0.15, 0.2) is 5.38 Å². The summed E-state index contributed by atoms with van der Waals surface area (Å²) in [6, 6.07) is 0.357. The van der Waals surface area contributed by atoms with Crippen LogP contribution in [0.5, 0.6) is 0 Å². The Labute approximate surface area is 139 Å². The molecule has 0 saturated carbocycles. The molecule has 0 radical (unpaired) electrons. The van der Waals surface area contributed by atoms with Crippen molar-refractivity contribution in [1.82, 2.24) is 10.2 Å². The highest BCUT2D eigenvalue weighted by Crippen LogP contribution is 2.34. The summed E-state index contributed by atoms with van der Waals surface area (Å²) in [5.74, 6) is 0.0274. The van der Waals surface area contributed by atoms with E-state index >= 15 is 0 Å². The highest BCUT2D eigenvalue weighted by atomic mass is 35.5. The Morgan fingerprint density at radius 1 is 1.48 bits per heavy atom. The second kappa shape index (κ2) is 8.34. The maximum atomic E-state index is 11.6. The van der Waals surface area contributed by atoms with E-state index in [1.165, 1.54) is 24.2 Å². The third-order valence-corrected chi connectivity index (χ3v) is 5.70. The molecule has 1 atom stereocenters. The van der Waals surface area contributed by atoms with Gasteiger partial charge in [0.1, 0.15) is 4.34 Å². The van der Waals surface area contributed by atoms with Gasteiger partial charge in [0.05, 0.1) is 5.02 Å². The maximum absolute atomic E-state index is 11.6. The SMILES string of the molecule is NCCC(=O)NCC1CCCCN1Cc1csc(Cl)c1Cl. The minimum atomic E-state index is 0.0274. The van der Waals surface area contributed by atoms with Crippen LogP contribution >= 0.6 is 34.5 Å². The number of rotatable bonds is 6. The van der Waals surface area contributed by atoms with Gasteiger partial charge in [-0.1, -0.05) is 29.6 Å². The van der Waals surface area contributed by atoms with Crippen LogP contribution in [-0.4, -0.2) is 36.5 Å². The first kappa shape index (κ1) is 17.0. The fourth-order valence-corrected chi connectivity index (χ4v) is 3.87. The zero-order valence-corrected chi connectivity index (χ0v) is 14.2. The molecule has 3 N–H and O–H groups in total. The average Bonchev–Trinajstić information content (AvgIpc) is 2.79. The monoisotopic (exact) mass is 349 g/mol. The summed E-state index contributed by atoms with van der Waals surface area (Å²) in [4.78, 5) is 13.9. The summed E-state index contributed by atoms with van der Waals surface area (Å²) in [5.41, 5.74) is 6.47. The normalized spacial score (nSPS) is 19.7. The lowest BCUT2D eigenvalue weighted by atomic mass is 10.0. The second-order valence-corrected chi connectivity index (χ2v) is 7.17. The van der Waals surface area contributed by atoms with E-state index in [1.807, 2.05) is 5.38 Å². The quantitative estimate of drug-likeness (QED) is 0.829. The standard InChI is InChI=1S/C14H21Cl2N3OS/c15-13-10(9-21-14(13)16)8-19-6-2-1-3-11(19)7-18-12(20)4-5-17/h9,11H,1-8,17H2,(H,18,20). The van der Waals surface area contributed by atoms with Crippen molar-refractivity contribution in [3.63, 3.8) is 0 Å². The van der Waals surface area contributed by atoms with E-state index in [-0.39, 0.29) is 5.91 Å². The molecule has 1 aromatic heterocycles. The van der Waals surface area contributed by atoms with Crippen molar-refractivity contribution in [2.24, 2.45) is 5.73 Å². The molecule has 21 heavy (non-hydrogen) atoms. The van der Waals surface area contributed by atoms with E-state index in [4.69, 9.17) is 28.9 Å². The number of nitrogens with two attached hydrogens (primary N) is 1. The molecule has 0 spiro atoms. The molecule has 1 amide bonds. The van der Waals surface area contributed by atoms with Gasteiger partial charge in [-0.3, -0.25) is 9.69 Å². The lowest BCUT2D eigenvalue weighted by Crippen LogP contribution is -2.46. The summed E-state index contributed by atoms with van der Waals surface area (Å²) in [6.07, 6.45) is 3.87. The zero-order valence-electron chi connectivity index (χ0n) is 11.9. The molecular formula is C14H21Cl2N3OS. The minimum Gasteiger partial charge on any atom is -0.354 e. The van der Waals surface area contributed by atoms with Crippen LogP contribution in [0.3, 0.4) is 0 Å². The van der Waals surface area contributed by atoms with Crippen LogP contribution in [0.4, 0.5) is 0 Å². The van der Waals surface area contributed by atoms with E-state index in [2.05, 4.69) is 10.2 Å². The van der Waals surface area contributed by atoms with Crippen molar-refractivity contribution in [2.75, 3.05) is 19.6 Å². The number of thiophene rings is 1. The maximum Gasteiger partial charge on any atom is 0.221 e. The molecule has 1 aliphatic rings. The van der Waals surface area contributed by atoms with Gasteiger partial charge in [0, 0.05) is 32.1 Å². The Hall–Kier alpha value is -0.330.